The molecule has 0 aromatic rings. The molecule has 96 valence electrons. The van der Waals surface area contributed by atoms with E-state index >= 15 is 0 Å². The number of carboxylic acid groups (broad SMARTS) is 1. The molecule has 0 radical (unpaired) electrons. The average Bonchev–Trinajstić information content (AvgIpc) is 2.28. The second-order valence-electron chi connectivity index (χ2n) is 3.61. The smallest absolute Gasteiger partial charge is 0.326 e. The Hall–Kier alpha value is -1.83. The van der Waals surface area contributed by atoms with Crippen LogP contribution in [0.4, 0.5) is 4.79 Å². The Kier molecular flexibility index (Phi) is 4.70. The van der Waals surface area contributed by atoms with Crippen LogP contribution >= 0.6 is 0 Å². The van der Waals surface area contributed by atoms with Gasteiger partial charge < -0.3 is 25.8 Å². The molecule has 1 aliphatic rings. The minimum Gasteiger partial charge on any atom is -0.480 e. The van der Waals surface area contributed by atoms with Gasteiger partial charge >= 0.3 is 12.0 Å². The van der Waals surface area contributed by atoms with E-state index in [-0.39, 0.29) is 0 Å². The zero-order valence-corrected chi connectivity index (χ0v) is 9.22. The number of aliphatic carboxylic acids is 1. The summed E-state index contributed by atoms with van der Waals surface area (Å²) >= 11 is 0. The molecule has 4 N–H and O–H groups in total. The molecule has 0 saturated carbocycles. The van der Waals surface area contributed by atoms with Crippen molar-refractivity contribution in [3.63, 3.8) is 0 Å². The summed E-state index contributed by atoms with van der Waals surface area (Å²) in [5, 5.41) is 11.1. The summed E-state index contributed by atoms with van der Waals surface area (Å²) in [6, 6.07) is -1.82. The Labute approximate surface area is 97.7 Å². The minimum absolute atomic E-state index is 0.398. The maximum atomic E-state index is 11.6. The molecule has 1 atom stereocenters. The minimum atomic E-state index is -1.29. The number of nitrogens with zero attached hydrogens (tertiary/aromatic N) is 1. The number of amides is 3. The van der Waals surface area contributed by atoms with E-state index in [1.54, 1.807) is 0 Å². The van der Waals surface area contributed by atoms with Crippen LogP contribution in [0.1, 0.15) is 6.42 Å². The van der Waals surface area contributed by atoms with E-state index in [0.29, 0.717) is 26.3 Å². The first-order chi connectivity index (χ1) is 8.00. The van der Waals surface area contributed by atoms with Crippen molar-refractivity contribution in [3.05, 3.63) is 0 Å². The van der Waals surface area contributed by atoms with Gasteiger partial charge in [-0.15, -0.1) is 0 Å². The molecule has 3 amide bonds. The quantitative estimate of drug-likeness (QED) is 0.548. The third kappa shape index (κ3) is 4.27. The van der Waals surface area contributed by atoms with Crippen LogP contribution < -0.4 is 11.1 Å². The van der Waals surface area contributed by atoms with Crippen molar-refractivity contribution in [3.8, 4) is 0 Å². The fourth-order valence-electron chi connectivity index (χ4n) is 1.41. The summed E-state index contributed by atoms with van der Waals surface area (Å²) in [6.45, 7) is 1.63. The van der Waals surface area contributed by atoms with Crippen molar-refractivity contribution in [2.45, 2.75) is 12.5 Å². The van der Waals surface area contributed by atoms with Crippen LogP contribution in [-0.2, 0) is 14.3 Å². The third-order valence-corrected chi connectivity index (χ3v) is 2.30. The molecule has 0 spiro atoms. The van der Waals surface area contributed by atoms with Crippen molar-refractivity contribution in [2.75, 3.05) is 26.3 Å². The second kappa shape index (κ2) is 6.04. The fraction of sp³-hybridized carbons (Fsp3) is 0.667. The molecular formula is C9H15N3O5. The third-order valence-electron chi connectivity index (χ3n) is 2.30. The van der Waals surface area contributed by atoms with Crippen molar-refractivity contribution >= 4 is 17.9 Å². The summed E-state index contributed by atoms with van der Waals surface area (Å²) in [5.41, 5.74) is 4.90. The summed E-state index contributed by atoms with van der Waals surface area (Å²) < 4.78 is 5.05. The topological polar surface area (TPSA) is 122 Å². The Morgan fingerprint density at radius 1 is 1.35 bits per heavy atom. The van der Waals surface area contributed by atoms with Crippen LogP contribution in [0.25, 0.3) is 0 Å². The monoisotopic (exact) mass is 245 g/mol. The fourth-order valence-corrected chi connectivity index (χ4v) is 1.41. The largest absolute Gasteiger partial charge is 0.480 e. The molecule has 0 bridgehead atoms. The lowest BCUT2D eigenvalue weighted by molar-refractivity contribution is -0.141. The van der Waals surface area contributed by atoms with Crippen molar-refractivity contribution in [2.24, 2.45) is 5.73 Å². The number of carbonyl (C=O) groups is 3. The molecule has 17 heavy (non-hydrogen) atoms. The van der Waals surface area contributed by atoms with Gasteiger partial charge in [-0.2, -0.15) is 0 Å². The predicted octanol–water partition coefficient (Wildman–Crippen LogP) is -1.64. The van der Waals surface area contributed by atoms with Crippen LogP contribution in [0.2, 0.25) is 0 Å². The van der Waals surface area contributed by atoms with Crippen LogP contribution in [0, 0.1) is 0 Å². The summed E-state index contributed by atoms with van der Waals surface area (Å²) in [6.07, 6.45) is -0.425. The predicted molar refractivity (Wildman–Crippen MR) is 56.2 cm³/mol. The molecule has 0 aromatic carbocycles. The number of nitrogens with one attached hydrogen (secondary N) is 1. The zero-order chi connectivity index (χ0) is 12.8. The SMILES string of the molecule is NC(=O)C[C@H](NC(=O)N1CCOCC1)C(=O)O. The van der Waals surface area contributed by atoms with Gasteiger partial charge in [0, 0.05) is 13.1 Å². The first-order valence-electron chi connectivity index (χ1n) is 5.15. The average molecular weight is 245 g/mol. The van der Waals surface area contributed by atoms with Crippen LogP contribution in [0.3, 0.4) is 0 Å². The number of primary amides is 1. The second-order valence-corrected chi connectivity index (χ2v) is 3.61. The van der Waals surface area contributed by atoms with Crippen molar-refractivity contribution < 1.29 is 24.2 Å². The van der Waals surface area contributed by atoms with Gasteiger partial charge in [-0.25, -0.2) is 9.59 Å². The van der Waals surface area contributed by atoms with Gasteiger partial charge in [-0.1, -0.05) is 0 Å². The lowest BCUT2D eigenvalue weighted by Gasteiger charge is -2.28. The maximum Gasteiger partial charge on any atom is 0.326 e. The Morgan fingerprint density at radius 3 is 2.41 bits per heavy atom. The zero-order valence-electron chi connectivity index (χ0n) is 9.22. The highest BCUT2D eigenvalue weighted by molar-refractivity contribution is 5.87. The first-order valence-corrected chi connectivity index (χ1v) is 5.15. The number of hydrogen-bond donors (Lipinski definition) is 3. The molecule has 8 nitrogen and oxygen atoms in total. The van der Waals surface area contributed by atoms with Crippen LogP contribution in [0.5, 0.6) is 0 Å². The number of hydrogen-bond acceptors (Lipinski definition) is 4. The molecule has 0 aliphatic carbocycles. The number of urea groups is 1. The van der Waals surface area contributed by atoms with Gasteiger partial charge in [-0.3, -0.25) is 4.79 Å². The van der Waals surface area contributed by atoms with E-state index in [4.69, 9.17) is 15.6 Å². The highest BCUT2D eigenvalue weighted by atomic mass is 16.5. The summed E-state index contributed by atoms with van der Waals surface area (Å²) in [7, 11) is 0. The molecule has 1 saturated heterocycles. The molecule has 1 aliphatic heterocycles. The van der Waals surface area contributed by atoms with E-state index in [2.05, 4.69) is 5.32 Å². The molecular weight excluding hydrogens is 230 g/mol. The summed E-state index contributed by atoms with van der Waals surface area (Å²) in [4.78, 5) is 34.5. The number of carbonyl (C=O) groups excluding carboxylic acids is 2. The van der Waals surface area contributed by atoms with Gasteiger partial charge in [0.25, 0.3) is 0 Å². The number of carboxylic acids is 1. The molecule has 0 unspecified atom stereocenters. The Bertz CT molecular complexity index is 314. The molecule has 8 heteroatoms. The van der Waals surface area contributed by atoms with Gasteiger partial charge in [-0.05, 0) is 0 Å². The van der Waals surface area contributed by atoms with Gasteiger partial charge in [0.05, 0.1) is 19.6 Å². The van der Waals surface area contributed by atoms with Gasteiger partial charge in [0.2, 0.25) is 5.91 Å². The summed E-state index contributed by atoms with van der Waals surface area (Å²) in [5.74, 6) is -2.06. The maximum absolute atomic E-state index is 11.6. The normalized spacial score (nSPS) is 17.3. The van der Waals surface area contributed by atoms with Crippen LogP contribution in [-0.4, -0.2) is 60.3 Å². The molecule has 1 rings (SSSR count). The van der Waals surface area contributed by atoms with E-state index < -0.39 is 30.4 Å². The van der Waals surface area contributed by atoms with E-state index in [1.165, 1.54) is 4.90 Å². The number of nitrogens with two attached hydrogens (primary N) is 1. The van der Waals surface area contributed by atoms with Gasteiger partial charge in [0.1, 0.15) is 6.04 Å². The molecule has 1 heterocycles. The van der Waals surface area contributed by atoms with E-state index in [1.807, 2.05) is 0 Å². The lowest BCUT2D eigenvalue weighted by Crippen LogP contribution is -2.52. The van der Waals surface area contributed by atoms with Crippen molar-refractivity contribution in [1.82, 2.24) is 10.2 Å². The number of ether oxygens (including phenoxy) is 1. The standard InChI is InChI=1S/C9H15N3O5/c10-7(13)5-6(8(14)15)11-9(16)12-1-3-17-4-2-12/h6H,1-5H2,(H2,10,13)(H,11,16)(H,14,15)/t6-/m0/s1. The highest BCUT2D eigenvalue weighted by Gasteiger charge is 2.25. The first kappa shape index (κ1) is 13.2. The Balaban J connectivity index is 2.50. The van der Waals surface area contributed by atoms with Crippen LogP contribution in [0.15, 0.2) is 0 Å². The highest BCUT2D eigenvalue weighted by Crippen LogP contribution is 1.99. The van der Waals surface area contributed by atoms with Crippen molar-refractivity contribution in [1.29, 1.82) is 0 Å². The molecule has 0 aromatic heterocycles. The molecule has 1 fully saturated rings. The van der Waals surface area contributed by atoms with E-state index in [0.717, 1.165) is 0 Å². The number of rotatable bonds is 4. The van der Waals surface area contributed by atoms with E-state index in [9.17, 15) is 14.4 Å². The van der Waals surface area contributed by atoms with Gasteiger partial charge in [0.15, 0.2) is 0 Å². The number of morpholine rings is 1. The Morgan fingerprint density at radius 2 is 1.94 bits per heavy atom. The lowest BCUT2D eigenvalue weighted by atomic mass is 10.2.